The maximum Gasteiger partial charge on any atom is 0.387 e. The lowest BCUT2D eigenvalue weighted by Crippen LogP contribution is -2.49. The van der Waals surface area contributed by atoms with Gasteiger partial charge in [0.15, 0.2) is 11.5 Å². The predicted octanol–water partition coefficient (Wildman–Crippen LogP) is 2.00. The highest BCUT2D eigenvalue weighted by Crippen LogP contribution is 2.29. The van der Waals surface area contributed by atoms with E-state index in [2.05, 4.69) is 4.74 Å². The van der Waals surface area contributed by atoms with Crippen molar-refractivity contribution in [2.45, 2.75) is 13.5 Å². The summed E-state index contributed by atoms with van der Waals surface area (Å²) in [6, 6.07) is 4.42. The van der Waals surface area contributed by atoms with Crippen molar-refractivity contribution in [1.29, 1.82) is 0 Å². The molecular formula is C17H20F2N2O4. The van der Waals surface area contributed by atoms with Gasteiger partial charge in [-0.05, 0) is 23.8 Å². The van der Waals surface area contributed by atoms with Crippen LogP contribution in [0.3, 0.4) is 0 Å². The topological polar surface area (TPSA) is 59.1 Å². The van der Waals surface area contributed by atoms with E-state index in [1.165, 1.54) is 32.2 Å². The van der Waals surface area contributed by atoms with Gasteiger partial charge in [0.25, 0.3) is 0 Å². The van der Waals surface area contributed by atoms with E-state index in [0.29, 0.717) is 31.7 Å². The first-order chi connectivity index (χ1) is 11.9. The lowest BCUT2D eigenvalue weighted by molar-refractivity contribution is -0.135. The Kier molecular flexibility index (Phi) is 6.32. The van der Waals surface area contributed by atoms with Gasteiger partial charge in [-0.3, -0.25) is 9.59 Å². The number of methoxy groups -OCH3 is 1. The summed E-state index contributed by atoms with van der Waals surface area (Å²) in [4.78, 5) is 26.8. The van der Waals surface area contributed by atoms with Gasteiger partial charge in [-0.15, -0.1) is 0 Å². The molecule has 0 radical (unpaired) electrons. The minimum Gasteiger partial charge on any atom is -0.493 e. The lowest BCUT2D eigenvalue weighted by atomic mass is 10.2. The molecular weight excluding hydrogens is 334 g/mol. The Balaban J connectivity index is 1.99. The highest BCUT2D eigenvalue weighted by molar-refractivity contribution is 5.92. The Labute approximate surface area is 144 Å². The molecule has 0 atom stereocenters. The number of carbonyl (C=O) groups is 2. The molecule has 1 aliphatic rings. The fraction of sp³-hybridized carbons (Fsp3) is 0.412. The molecule has 25 heavy (non-hydrogen) atoms. The lowest BCUT2D eigenvalue weighted by Gasteiger charge is -2.33. The molecule has 0 saturated carbocycles. The molecule has 2 amide bonds. The number of benzene rings is 1. The van der Waals surface area contributed by atoms with Crippen LogP contribution in [0.2, 0.25) is 0 Å². The molecule has 8 heteroatoms. The summed E-state index contributed by atoms with van der Waals surface area (Å²) in [5, 5.41) is 0. The van der Waals surface area contributed by atoms with Gasteiger partial charge in [-0.1, -0.05) is 6.07 Å². The third-order valence-electron chi connectivity index (χ3n) is 3.86. The Morgan fingerprint density at radius 1 is 1.12 bits per heavy atom. The van der Waals surface area contributed by atoms with Crippen LogP contribution in [0.25, 0.3) is 6.08 Å². The zero-order valence-corrected chi connectivity index (χ0v) is 14.1. The largest absolute Gasteiger partial charge is 0.493 e. The summed E-state index contributed by atoms with van der Waals surface area (Å²) in [7, 11) is 1.35. The van der Waals surface area contributed by atoms with E-state index >= 15 is 0 Å². The highest BCUT2D eigenvalue weighted by atomic mass is 19.3. The van der Waals surface area contributed by atoms with E-state index in [0.717, 1.165) is 0 Å². The summed E-state index contributed by atoms with van der Waals surface area (Å²) >= 11 is 0. The summed E-state index contributed by atoms with van der Waals surface area (Å²) in [5.74, 6) is -0.0813. The van der Waals surface area contributed by atoms with Crippen molar-refractivity contribution in [2.75, 3.05) is 33.3 Å². The molecule has 0 bridgehead atoms. The van der Waals surface area contributed by atoms with Crippen molar-refractivity contribution in [1.82, 2.24) is 9.80 Å². The van der Waals surface area contributed by atoms with Crippen LogP contribution in [-0.2, 0) is 9.59 Å². The first kappa shape index (κ1) is 18.7. The van der Waals surface area contributed by atoms with Crippen molar-refractivity contribution in [3.63, 3.8) is 0 Å². The molecule has 1 fully saturated rings. The van der Waals surface area contributed by atoms with E-state index in [9.17, 15) is 18.4 Å². The Morgan fingerprint density at radius 3 is 2.32 bits per heavy atom. The first-order valence-electron chi connectivity index (χ1n) is 7.76. The predicted molar refractivity (Wildman–Crippen MR) is 87.5 cm³/mol. The minimum atomic E-state index is -2.94. The van der Waals surface area contributed by atoms with Gasteiger partial charge in [0.1, 0.15) is 0 Å². The second kappa shape index (κ2) is 8.46. The minimum absolute atomic E-state index is 0.000780. The number of piperazine rings is 1. The van der Waals surface area contributed by atoms with E-state index in [-0.39, 0.29) is 23.3 Å². The van der Waals surface area contributed by atoms with Crippen molar-refractivity contribution in [2.24, 2.45) is 0 Å². The van der Waals surface area contributed by atoms with Gasteiger partial charge >= 0.3 is 6.61 Å². The van der Waals surface area contributed by atoms with Crippen LogP contribution in [0.5, 0.6) is 11.5 Å². The van der Waals surface area contributed by atoms with Gasteiger partial charge in [0, 0.05) is 39.2 Å². The molecule has 0 aliphatic carbocycles. The van der Waals surface area contributed by atoms with Gasteiger partial charge in [-0.2, -0.15) is 8.78 Å². The monoisotopic (exact) mass is 354 g/mol. The molecule has 136 valence electrons. The van der Waals surface area contributed by atoms with Crippen LogP contribution in [0, 0.1) is 0 Å². The fourth-order valence-electron chi connectivity index (χ4n) is 2.50. The quantitative estimate of drug-likeness (QED) is 0.759. The second-order valence-electron chi connectivity index (χ2n) is 5.45. The maximum absolute atomic E-state index is 12.3. The molecule has 0 unspecified atom stereocenters. The van der Waals surface area contributed by atoms with Crippen LogP contribution in [0.1, 0.15) is 12.5 Å². The first-order valence-corrected chi connectivity index (χ1v) is 7.76. The Bertz CT molecular complexity index is 656. The number of ether oxygens (including phenoxy) is 2. The molecule has 0 N–H and O–H groups in total. The van der Waals surface area contributed by atoms with Crippen molar-refractivity contribution in [3.8, 4) is 11.5 Å². The molecule has 0 spiro atoms. The fourth-order valence-corrected chi connectivity index (χ4v) is 2.50. The van der Waals surface area contributed by atoms with E-state index in [1.54, 1.807) is 21.9 Å². The molecule has 1 aromatic rings. The maximum atomic E-state index is 12.3. The summed E-state index contributed by atoms with van der Waals surface area (Å²) in [6.45, 7) is 0.558. The van der Waals surface area contributed by atoms with Crippen molar-refractivity contribution in [3.05, 3.63) is 29.8 Å². The normalized spacial score (nSPS) is 14.9. The van der Waals surface area contributed by atoms with Crippen LogP contribution in [0.4, 0.5) is 8.78 Å². The smallest absolute Gasteiger partial charge is 0.387 e. The number of alkyl halides is 2. The van der Waals surface area contributed by atoms with Gasteiger partial charge in [0.05, 0.1) is 7.11 Å². The molecule has 1 aliphatic heterocycles. The number of nitrogens with zero attached hydrogens (tertiary/aromatic N) is 2. The zero-order valence-electron chi connectivity index (χ0n) is 14.1. The summed E-state index contributed by atoms with van der Waals surface area (Å²) in [6.07, 6.45) is 2.99. The molecule has 1 saturated heterocycles. The number of rotatable bonds is 5. The van der Waals surface area contributed by atoms with Crippen molar-refractivity contribution < 1.29 is 27.8 Å². The van der Waals surface area contributed by atoms with Gasteiger partial charge in [0.2, 0.25) is 11.8 Å². The number of carbonyl (C=O) groups excluding carboxylic acids is 2. The van der Waals surface area contributed by atoms with Gasteiger partial charge < -0.3 is 19.3 Å². The highest BCUT2D eigenvalue weighted by Gasteiger charge is 2.20. The van der Waals surface area contributed by atoms with E-state index < -0.39 is 6.61 Å². The number of halogens is 2. The van der Waals surface area contributed by atoms with Crippen LogP contribution < -0.4 is 9.47 Å². The molecule has 2 rings (SSSR count). The summed E-state index contributed by atoms with van der Waals surface area (Å²) < 4.78 is 34.0. The van der Waals surface area contributed by atoms with Crippen LogP contribution >= 0.6 is 0 Å². The third kappa shape index (κ3) is 5.17. The average molecular weight is 354 g/mol. The second-order valence-corrected chi connectivity index (χ2v) is 5.45. The number of hydrogen-bond donors (Lipinski definition) is 0. The Hall–Kier alpha value is -2.64. The van der Waals surface area contributed by atoms with Crippen LogP contribution in [-0.4, -0.2) is 61.5 Å². The average Bonchev–Trinajstić information content (AvgIpc) is 2.60. The Morgan fingerprint density at radius 2 is 1.76 bits per heavy atom. The van der Waals surface area contributed by atoms with Crippen molar-refractivity contribution >= 4 is 17.9 Å². The zero-order chi connectivity index (χ0) is 18.4. The molecule has 6 nitrogen and oxygen atoms in total. The van der Waals surface area contributed by atoms with E-state index in [1.807, 2.05) is 0 Å². The van der Waals surface area contributed by atoms with E-state index in [4.69, 9.17) is 4.74 Å². The SMILES string of the molecule is COc1cc(/C=C/C(=O)N2CCN(C(C)=O)CC2)ccc1OC(F)F. The number of hydrogen-bond acceptors (Lipinski definition) is 4. The number of amides is 2. The summed E-state index contributed by atoms with van der Waals surface area (Å²) in [5.41, 5.74) is 0.620. The van der Waals surface area contributed by atoms with Crippen LogP contribution in [0.15, 0.2) is 24.3 Å². The van der Waals surface area contributed by atoms with Gasteiger partial charge in [-0.25, -0.2) is 0 Å². The third-order valence-corrected chi connectivity index (χ3v) is 3.86. The molecule has 0 aromatic heterocycles. The molecule has 1 heterocycles. The standard InChI is InChI=1S/C17H20F2N2O4/c1-12(22)20-7-9-21(10-8-20)16(23)6-4-13-3-5-14(25-17(18)19)15(11-13)24-2/h3-6,11,17H,7-10H2,1-2H3/b6-4+. The molecule has 1 aromatic carbocycles.